The molecule has 10 aromatic carbocycles. The van der Waals surface area contributed by atoms with E-state index in [0.29, 0.717) is 66.1 Å². The maximum atomic E-state index is 15.9. The molecule has 0 unspecified atom stereocenters. The molecule has 86 heavy (non-hydrogen) atoms. The molecule has 0 amide bonds. The van der Waals surface area contributed by atoms with Crippen molar-refractivity contribution in [2.45, 2.75) is 12.4 Å². The number of nitriles is 8. The number of hydrogen-bond donors (Lipinski definition) is 0. The second kappa shape index (κ2) is 20.7. The van der Waals surface area contributed by atoms with Gasteiger partial charge in [0.1, 0.15) is 0 Å². The Morgan fingerprint density at radius 3 is 0.628 bits per heavy atom. The smallest absolute Gasteiger partial charge is 0.309 e. The van der Waals surface area contributed by atoms with Crippen molar-refractivity contribution >= 4 is 43.6 Å². The molecular weight excluding hydrogens is 1090 g/mol. The SMILES string of the molecule is N#Cc1cc(C#N)cc(-c2ccc3c4ccc(-c5cc(C#N)cc(C#N)c5)cc4n(-c4cc(-c5ccc(C(F)(F)F)c(-n6c7cc(-c8cc(C#N)cc(C#N)c8)ccc7c7ccc(-c8cc(C#N)cc(C#N)c8)cc76)c5)ccc4C(F)(F)F)c3c2)c1. The van der Waals surface area contributed by atoms with Crippen LogP contribution >= 0.6 is 0 Å². The lowest BCUT2D eigenvalue weighted by molar-refractivity contribution is -0.138. The molecule has 0 aliphatic carbocycles. The van der Waals surface area contributed by atoms with Crippen molar-refractivity contribution < 1.29 is 26.3 Å². The number of halogens is 6. The molecule has 0 bridgehead atoms. The van der Waals surface area contributed by atoms with E-state index in [2.05, 4.69) is 0 Å². The normalized spacial score (nSPS) is 11.3. The third kappa shape index (κ3) is 9.43. The lowest BCUT2D eigenvalue weighted by Gasteiger charge is -2.20. The van der Waals surface area contributed by atoms with Crippen LogP contribution in [0.1, 0.15) is 55.6 Å². The number of fused-ring (bicyclic) bond motifs is 6. The van der Waals surface area contributed by atoms with Crippen LogP contribution in [-0.2, 0) is 12.4 Å². The first-order chi connectivity index (χ1) is 41.4. The Hall–Kier alpha value is -12.7. The zero-order valence-corrected chi connectivity index (χ0v) is 44.1. The minimum atomic E-state index is -5.04. The Morgan fingerprint density at radius 1 is 0.233 bits per heavy atom. The monoisotopic (exact) mass is 1120 g/mol. The first-order valence-corrected chi connectivity index (χ1v) is 25.9. The second-order valence-electron chi connectivity index (χ2n) is 20.1. The van der Waals surface area contributed by atoms with Crippen LogP contribution in [-0.4, -0.2) is 9.13 Å². The number of alkyl halides is 6. The van der Waals surface area contributed by atoms with Gasteiger partial charge in [0.05, 0.1) is 138 Å². The van der Waals surface area contributed by atoms with Crippen LogP contribution < -0.4 is 0 Å². The fraction of sp³-hybridized carbons (Fsp3) is 0.0286. The quantitative estimate of drug-likeness (QED) is 0.140. The number of nitrogens with zero attached hydrogens (tertiary/aromatic N) is 10. The van der Waals surface area contributed by atoms with Crippen LogP contribution in [0.15, 0.2) is 182 Å². The number of aromatic nitrogens is 2. The van der Waals surface area contributed by atoms with Gasteiger partial charge in [-0.3, -0.25) is 0 Å². The van der Waals surface area contributed by atoms with Gasteiger partial charge in [-0.2, -0.15) is 68.4 Å². The van der Waals surface area contributed by atoms with E-state index in [9.17, 15) is 42.1 Å². The molecule has 10 nitrogen and oxygen atoms in total. The van der Waals surface area contributed by atoms with E-state index in [-0.39, 0.29) is 77.7 Å². The molecule has 16 heteroatoms. The fourth-order valence-electron chi connectivity index (χ4n) is 11.2. The summed E-state index contributed by atoms with van der Waals surface area (Å²) in [6.45, 7) is 0. The van der Waals surface area contributed by atoms with Gasteiger partial charge in [0, 0.05) is 21.5 Å². The highest BCUT2D eigenvalue weighted by Crippen LogP contribution is 2.46. The number of hydrogen-bond acceptors (Lipinski definition) is 8. The van der Waals surface area contributed by atoms with E-state index in [1.165, 1.54) is 106 Å². The minimum absolute atomic E-state index is 0.0582. The molecule has 2 heterocycles. The summed E-state index contributed by atoms with van der Waals surface area (Å²) in [7, 11) is 0. The molecule has 2 aromatic heterocycles. The highest BCUT2D eigenvalue weighted by Gasteiger charge is 2.37. The third-order valence-electron chi connectivity index (χ3n) is 15.1. The molecule has 0 N–H and O–H groups in total. The largest absolute Gasteiger partial charge is 0.418 e. The predicted molar refractivity (Wildman–Crippen MR) is 310 cm³/mol. The summed E-state index contributed by atoms with van der Waals surface area (Å²) in [6, 6.07) is 60.9. The van der Waals surface area contributed by atoms with Crippen molar-refractivity contribution in [2.24, 2.45) is 0 Å². The third-order valence-corrected chi connectivity index (χ3v) is 15.1. The molecule has 0 fully saturated rings. The second-order valence-corrected chi connectivity index (χ2v) is 20.1. The molecule has 0 aliphatic rings. The summed E-state index contributed by atoms with van der Waals surface area (Å²) < 4.78 is 98.1. The van der Waals surface area contributed by atoms with E-state index < -0.39 is 34.9 Å². The van der Waals surface area contributed by atoms with E-state index in [0.717, 1.165) is 12.1 Å². The van der Waals surface area contributed by atoms with Crippen LogP contribution in [0.2, 0.25) is 0 Å². The summed E-state index contributed by atoms with van der Waals surface area (Å²) >= 11 is 0. The summed E-state index contributed by atoms with van der Waals surface area (Å²) in [4.78, 5) is 0. The van der Waals surface area contributed by atoms with Crippen molar-refractivity contribution in [3.05, 3.63) is 238 Å². The standard InChI is InChI=1S/C70H30F6N10/c71-69(72,73)61-11-5-47(29-67(61)85-63-25-49(53-17-39(31-77)13-40(18-53)32-78)1-7-57(63)58-8-2-50(26-64(58)85)54-19-41(33-79)14-42(20-54)34-80)48-6-12-62(70(74,75)76)68(30-48)86-65-27-51(55-21-43(35-81)15-44(22-55)36-82)3-9-59(65)60-10-4-52(28-66(60)86)56-23-45(37-83)16-46(24-56)38-84/h1-30H. The number of rotatable bonds is 7. The molecule has 402 valence electrons. The Kier molecular flexibility index (Phi) is 13.0. The van der Waals surface area contributed by atoms with Crippen LogP contribution in [0.4, 0.5) is 26.3 Å². The van der Waals surface area contributed by atoms with Crippen LogP contribution in [0.25, 0.3) is 111 Å². The van der Waals surface area contributed by atoms with Gasteiger partial charge < -0.3 is 9.13 Å². The zero-order valence-electron chi connectivity index (χ0n) is 44.1. The minimum Gasteiger partial charge on any atom is -0.309 e. The number of benzene rings is 10. The summed E-state index contributed by atoms with van der Waals surface area (Å²) in [6.07, 6.45) is -10.1. The molecule has 0 saturated heterocycles. The first kappa shape index (κ1) is 53.9. The van der Waals surface area contributed by atoms with E-state index in [1.54, 1.807) is 72.8 Å². The van der Waals surface area contributed by atoms with Crippen LogP contribution in [0, 0.1) is 90.6 Å². The van der Waals surface area contributed by atoms with Gasteiger partial charge in [0.25, 0.3) is 0 Å². The van der Waals surface area contributed by atoms with E-state index in [1.807, 2.05) is 48.6 Å². The molecule has 12 aromatic rings. The Balaban J connectivity index is 1.15. The van der Waals surface area contributed by atoms with Crippen molar-refractivity contribution in [3.8, 4) is 116 Å². The zero-order chi connectivity index (χ0) is 60.3. The first-order valence-electron chi connectivity index (χ1n) is 25.9. The van der Waals surface area contributed by atoms with Gasteiger partial charge >= 0.3 is 12.4 Å². The van der Waals surface area contributed by atoms with Gasteiger partial charge in [-0.15, -0.1) is 0 Å². The predicted octanol–water partition coefficient (Wildman–Crippen LogP) is 17.2. The molecule has 0 atom stereocenters. The van der Waals surface area contributed by atoms with Crippen molar-refractivity contribution in [2.75, 3.05) is 0 Å². The van der Waals surface area contributed by atoms with Gasteiger partial charge in [-0.1, -0.05) is 60.7 Å². The lowest BCUT2D eigenvalue weighted by atomic mass is 9.98. The van der Waals surface area contributed by atoms with E-state index in [4.69, 9.17) is 0 Å². The van der Waals surface area contributed by atoms with Crippen molar-refractivity contribution in [1.82, 2.24) is 9.13 Å². The summed E-state index contributed by atoms with van der Waals surface area (Å²) in [5.74, 6) is 0. The topological polar surface area (TPSA) is 200 Å². The summed E-state index contributed by atoms with van der Waals surface area (Å²) in [5, 5.41) is 81.1. The highest BCUT2D eigenvalue weighted by atomic mass is 19.4. The Labute approximate surface area is 484 Å². The van der Waals surface area contributed by atoms with Gasteiger partial charge in [-0.25, -0.2) is 0 Å². The molecule has 0 aliphatic heterocycles. The average Bonchev–Trinajstić information content (AvgIpc) is 1.71. The maximum Gasteiger partial charge on any atom is 0.418 e. The van der Waals surface area contributed by atoms with Crippen molar-refractivity contribution in [3.63, 3.8) is 0 Å². The highest BCUT2D eigenvalue weighted by molar-refractivity contribution is 6.13. The van der Waals surface area contributed by atoms with Gasteiger partial charge in [0.2, 0.25) is 0 Å². The van der Waals surface area contributed by atoms with Crippen LogP contribution in [0.3, 0.4) is 0 Å². The maximum absolute atomic E-state index is 15.9. The van der Waals surface area contributed by atoms with Gasteiger partial charge in [0.15, 0.2) is 0 Å². The fourth-order valence-corrected chi connectivity index (χ4v) is 11.2. The van der Waals surface area contributed by atoms with Crippen molar-refractivity contribution in [1.29, 1.82) is 42.1 Å². The molecule has 12 rings (SSSR count). The van der Waals surface area contributed by atoms with Crippen LogP contribution in [0.5, 0.6) is 0 Å². The molecule has 0 radical (unpaired) electrons. The van der Waals surface area contributed by atoms with E-state index >= 15 is 26.3 Å². The lowest BCUT2D eigenvalue weighted by Crippen LogP contribution is -2.12. The molecule has 0 spiro atoms. The summed E-state index contributed by atoms with van der Waals surface area (Å²) in [5.41, 5.74) is 2.54. The average molecular weight is 1130 g/mol. The Morgan fingerprint density at radius 2 is 0.430 bits per heavy atom. The Bertz CT molecular complexity index is 4610. The molecular formula is C70H30F6N10. The van der Waals surface area contributed by atoms with Gasteiger partial charge in [-0.05, 0) is 177 Å². The molecule has 0 saturated carbocycles.